The number of thioether (sulfide) groups is 1. The molecule has 0 aliphatic rings. The van der Waals surface area contributed by atoms with Gasteiger partial charge in [-0.25, -0.2) is 4.39 Å². The Bertz CT molecular complexity index is 1090. The summed E-state index contributed by atoms with van der Waals surface area (Å²) >= 11 is 6.72. The van der Waals surface area contributed by atoms with Crippen molar-refractivity contribution in [1.82, 2.24) is 14.9 Å². The van der Waals surface area contributed by atoms with Crippen LogP contribution in [0, 0.1) is 10.6 Å². The van der Waals surface area contributed by atoms with Gasteiger partial charge in [0.15, 0.2) is 4.77 Å². The van der Waals surface area contributed by atoms with Gasteiger partial charge < -0.3 is 10.3 Å². The Morgan fingerprint density at radius 1 is 1.26 bits per heavy atom. The lowest BCUT2D eigenvalue weighted by Crippen LogP contribution is -2.25. The molecule has 1 heterocycles. The van der Waals surface area contributed by atoms with Crippen LogP contribution in [0.3, 0.4) is 0 Å². The number of aromatic amines is 1. The molecule has 3 rings (SSSR count). The van der Waals surface area contributed by atoms with Gasteiger partial charge in [0.2, 0.25) is 0 Å². The molecule has 8 heteroatoms. The lowest BCUT2D eigenvalue weighted by Gasteiger charge is -2.07. The monoisotopic (exact) mass is 403 g/mol. The van der Waals surface area contributed by atoms with E-state index in [1.165, 1.54) is 16.7 Å². The summed E-state index contributed by atoms with van der Waals surface area (Å²) in [4.78, 5) is 28.4. The quantitative estimate of drug-likeness (QED) is 0.375. The van der Waals surface area contributed by atoms with E-state index in [1.54, 1.807) is 49.1 Å². The third kappa shape index (κ3) is 4.64. The van der Waals surface area contributed by atoms with Gasteiger partial charge in [0.1, 0.15) is 5.82 Å². The van der Waals surface area contributed by atoms with Crippen LogP contribution in [0.5, 0.6) is 0 Å². The van der Waals surface area contributed by atoms with Crippen LogP contribution in [0.15, 0.2) is 52.2 Å². The zero-order valence-electron chi connectivity index (χ0n) is 14.6. The highest BCUT2D eigenvalue weighted by Crippen LogP contribution is 2.18. The Balaban J connectivity index is 1.56. The van der Waals surface area contributed by atoms with Crippen molar-refractivity contribution in [2.45, 2.75) is 11.3 Å². The van der Waals surface area contributed by atoms with E-state index < -0.39 is 0 Å². The molecule has 27 heavy (non-hydrogen) atoms. The fourth-order valence-electron chi connectivity index (χ4n) is 2.54. The molecule has 1 aromatic heterocycles. The first-order valence-electron chi connectivity index (χ1n) is 8.35. The molecule has 1 amide bonds. The maximum absolute atomic E-state index is 12.9. The van der Waals surface area contributed by atoms with E-state index in [2.05, 4.69) is 10.3 Å². The Labute approximate surface area is 164 Å². The molecule has 5 nitrogen and oxygen atoms in total. The minimum absolute atomic E-state index is 0.196. The zero-order chi connectivity index (χ0) is 19.4. The second kappa shape index (κ2) is 8.49. The smallest absolute Gasteiger partial charge is 0.261 e. The Morgan fingerprint density at radius 3 is 2.74 bits per heavy atom. The van der Waals surface area contributed by atoms with Gasteiger partial charge in [-0.05, 0) is 66.9 Å². The number of H-pyrrole nitrogens is 1. The standard InChI is InChI=1S/C19H18FN3O2S2/c1-23-18(25)15-8-3-12(11-16(15)22-19(23)26)17(24)21-9-2-10-27-14-6-4-13(20)5-7-14/h3-8,11H,2,9-10H2,1H3,(H,21,24)(H,22,26). The number of fused-ring (bicyclic) bond motifs is 1. The van der Waals surface area contributed by atoms with E-state index in [0.717, 1.165) is 17.1 Å². The van der Waals surface area contributed by atoms with Crippen LogP contribution in [0.1, 0.15) is 16.8 Å². The largest absolute Gasteiger partial charge is 0.352 e. The highest BCUT2D eigenvalue weighted by Gasteiger charge is 2.09. The number of hydrogen-bond donors (Lipinski definition) is 2. The third-order valence-corrected chi connectivity index (χ3v) is 5.53. The first kappa shape index (κ1) is 19.3. The van der Waals surface area contributed by atoms with Crippen molar-refractivity contribution in [2.75, 3.05) is 12.3 Å². The Hall–Kier alpha value is -2.45. The minimum Gasteiger partial charge on any atom is -0.352 e. The number of aromatic nitrogens is 2. The predicted molar refractivity (Wildman–Crippen MR) is 108 cm³/mol. The second-order valence-corrected chi connectivity index (χ2v) is 7.52. The van der Waals surface area contributed by atoms with E-state index in [4.69, 9.17) is 12.2 Å². The highest BCUT2D eigenvalue weighted by molar-refractivity contribution is 7.99. The maximum Gasteiger partial charge on any atom is 0.261 e. The highest BCUT2D eigenvalue weighted by atomic mass is 32.2. The molecular formula is C19H18FN3O2S2. The Kier molecular flexibility index (Phi) is 6.08. The second-order valence-electron chi connectivity index (χ2n) is 5.97. The molecular weight excluding hydrogens is 385 g/mol. The molecule has 3 aromatic rings. The maximum atomic E-state index is 12.9. The zero-order valence-corrected chi connectivity index (χ0v) is 16.3. The number of benzene rings is 2. The summed E-state index contributed by atoms with van der Waals surface area (Å²) in [5.41, 5.74) is 0.814. The van der Waals surface area contributed by atoms with Crippen molar-refractivity contribution in [2.24, 2.45) is 7.05 Å². The fourth-order valence-corrected chi connectivity index (χ4v) is 3.59. The topological polar surface area (TPSA) is 66.9 Å². The number of carbonyl (C=O) groups excluding carboxylic acids is 1. The lowest BCUT2D eigenvalue weighted by molar-refractivity contribution is 0.0954. The summed E-state index contributed by atoms with van der Waals surface area (Å²) in [6, 6.07) is 11.2. The minimum atomic E-state index is -0.250. The van der Waals surface area contributed by atoms with Gasteiger partial charge in [-0.2, -0.15) is 0 Å². The van der Waals surface area contributed by atoms with Gasteiger partial charge in [0.25, 0.3) is 11.5 Å². The molecule has 0 saturated carbocycles. The van der Waals surface area contributed by atoms with Crippen molar-refractivity contribution in [1.29, 1.82) is 0 Å². The number of rotatable bonds is 6. The molecule has 0 aliphatic heterocycles. The van der Waals surface area contributed by atoms with Crippen molar-refractivity contribution in [3.63, 3.8) is 0 Å². The predicted octanol–water partition coefficient (Wildman–Crippen LogP) is 3.65. The van der Waals surface area contributed by atoms with E-state index in [-0.39, 0.29) is 17.3 Å². The summed E-state index contributed by atoms with van der Waals surface area (Å²) < 4.78 is 14.5. The molecule has 0 bridgehead atoms. The van der Waals surface area contributed by atoms with E-state index in [1.807, 2.05) is 0 Å². The van der Waals surface area contributed by atoms with Crippen LogP contribution < -0.4 is 10.9 Å². The summed E-state index contributed by atoms with van der Waals surface area (Å²) in [6.07, 6.45) is 0.782. The molecule has 140 valence electrons. The van der Waals surface area contributed by atoms with Crippen molar-refractivity contribution in [3.8, 4) is 0 Å². The van der Waals surface area contributed by atoms with E-state index in [9.17, 15) is 14.0 Å². The molecule has 0 aliphatic carbocycles. The molecule has 0 radical (unpaired) electrons. The number of nitrogens with one attached hydrogen (secondary N) is 2. The SMILES string of the molecule is Cn1c(=S)[nH]c2cc(C(=O)NCCCSc3ccc(F)cc3)ccc2c1=O. The van der Waals surface area contributed by atoms with Gasteiger partial charge in [0.05, 0.1) is 10.9 Å². The van der Waals surface area contributed by atoms with Crippen LogP contribution in [0.4, 0.5) is 4.39 Å². The van der Waals surface area contributed by atoms with Crippen molar-refractivity contribution < 1.29 is 9.18 Å². The number of nitrogens with zero attached hydrogens (tertiary/aromatic N) is 1. The summed E-state index contributed by atoms with van der Waals surface area (Å²) in [7, 11) is 1.60. The Morgan fingerprint density at radius 2 is 2.00 bits per heavy atom. The van der Waals surface area contributed by atoms with Crippen LogP contribution in [0.25, 0.3) is 10.9 Å². The van der Waals surface area contributed by atoms with E-state index >= 15 is 0 Å². The number of hydrogen-bond acceptors (Lipinski definition) is 4. The number of halogens is 1. The van der Waals surface area contributed by atoms with Crippen LogP contribution in [0.2, 0.25) is 0 Å². The average Bonchev–Trinajstić information content (AvgIpc) is 2.67. The molecule has 2 N–H and O–H groups in total. The normalized spacial score (nSPS) is 10.9. The lowest BCUT2D eigenvalue weighted by atomic mass is 10.1. The third-order valence-electron chi connectivity index (χ3n) is 4.05. The molecule has 0 unspecified atom stereocenters. The van der Waals surface area contributed by atoms with Gasteiger partial charge >= 0.3 is 0 Å². The summed E-state index contributed by atoms with van der Waals surface area (Å²) in [6.45, 7) is 0.525. The fraction of sp³-hybridized carbons (Fsp3) is 0.211. The van der Waals surface area contributed by atoms with Gasteiger partial charge in [-0.1, -0.05) is 0 Å². The van der Waals surface area contributed by atoms with Gasteiger partial charge in [0, 0.05) is 24.1 Å². The van der Waals surface area contributed by atoms with Gasteiger partial charge in [-0.3, -0.25) is 14.2 Å². The number of carbonyl (C=O) groups is 1. The molecule has 0 spiro atoms. The number of amides is 1. The molecule has 2 aromatic carbocycles. The summed E-state index contributed by atoms with van der Waals surface area (Å²) in [5.74, 6) is 0.358. The molecule has 0 saturated heterocycles. The molecule has 0 atom stereocenters. The van der Waals surface area contributed by atoms with Gasteiger partial charge in [-0.15, -0.1) is 11.8 Å². The van der Waals surface area contributed by atoms with Crippen molar-refractivity contribution in [3.05, 3.63) is 69.0 Å². The average molecular weight is 404 g/mol. The first-order valence-corrected chi connectivity index (χ1v) is 9.75. The first-order chi connectivity index (χ1) is 13.0. The van der Waals surface area contributed by atoms with Crippen molar-refractivity contribution >= 4 is 40.8 Å². The van der Waals surface area contributed by atoms with Crippen LogP contribution in [-0.4, -0.2) is 27.8 Å². The summed E-state index contributed by atoms with van der Waals surface area (Å²) in [5, 5.41) is 3.35. The van der Waals surface area contributed by atoms with Crippen LogP contribution >= 0.6 is 24.0 Å². The van der Waals surface area contributed by atoms with Crippen LogP contribution in [-0.2, 0) is 7.05 Å². The van der Waals surface area contributed by atoms with E-state index in [0.29, 0.717) is 27.8 Å². The molecule has 0 fully saturated rings.